The van der Waals surface area contributed by atoms with Crippen molar-refractivity contribution >= 4 is 25.7 Å². The van der Waals surface area contributed by atoms with Gasteiger partial charge < -0.3 is 9.47 Å². The molecule has 0 saturated heterocycles. The van der Waals surface area contributed by atoms with Gasteiger partial charge in [0, 0.05) is 16.2 Å². The minimum atomic E-state index is -3.83. The first-order chi connectivity index (χ1) is 8.38. The zero-order valence-corrected chi connectivity index (χ0v) is 11.5. The summed E-state index contributed by atoms with van der Waals surface area (Å²) in [5.41, 5.74) is 0.415. The Bertz CT molecular complexity index is 538. The van der Waals surface area contributed by atoms with Crippen LogP contribution in [-0.4, -0.2) is 28.1 Å². The van der Waals surface area contributed by atoms with Crippen molar-refractivity contribution in [2.75, 3.05) is 13.7 Å². The van der Waals surface area contributed by atoms with Crippen LogP contribution < -0.4 is 4.74 Å². The topological polar surface area (TPSA) is 69.7 Å². The summed E-state index contributed by atoms with van der Waals surface area (Å²) in [5.74, 6) is -0.0490. The molecule has 0 unspecified atom stereocenters. The summed E-state index contributed by atoms with van der Waals surface area (Å²) in [4.78, 5) is 11.3. The van der Waals surface area contributed by atoms with Crippen molar-refractivity contribution in [1.82, 2.24) is 0 Å². The second-order valence-corrected chi connectivity index (χ2v) is 5.96. The molecule has 0 radical (unpaired) electrons. The van der Waals surface area contributed by atoms with Gasteiger partial charge in [0.2, 0.25) is 0 Å². The highest BCUT2D eigenvalue weighted by molar-refractivity contribution is 8.13. The van der Waals surface area contributed by atoms with Crippen LogP contribution in [0.2, 0.25) is 0 Å². The van der Waals surface area contributed by atoms with E-state index in [0.29, 0.717) is 11.3 Å². The van der Waals surface area contributed by atoms with Gasteiger partial charge in [-0.3, -0.25) is 4.79 Å². The van der Waals surface area contributed by atoms with Crippen LogP contribution in [-0.2, 0) is 25.0 Å². The molecule has 0 aromatic heterocycles. The molecule has 0 atom stereocenters. The van der Waals surface area contributed by atoms with Crippen LogP contribution in [0.4, 0.5) is 0 Å². The molecule has 0 aliphatic heterocycles. The minimum Gasteiger partial charge on any atom is -0.496 e. The van der Waals surface area contributed by atoms with E-state index < -0.39 is 15.0 Å². The molecule has 18 heavy (non-hydrogen) atoms. The van der Waals surface area contributed by atoms with E-state index >= 15 is 0 Å². The van der Waals surface area contributed by atoms with Crippen LogP contribution in [0, 0.1) is 0 Å². The van der Waals surface area contributed by atoms with Crippen molar-refractivity contribution in [3.8, 4) is 5.75 Å². The standard InChI is InChI=1S/C11H13ClO5S/c1-3-17-11(13)7-8-6-9(18(12,14)15)4-5-10(8)16-2/h4-6H,3,7H2,1-2H3. The molecule has 0 spiro atoms. The number of ether oxygens (including phenoxy) is 2. The molecule has 5 nitrogen and oxygen atoms in total. The Kier molecular flexibility index (Phi) is 4.98. The molecule has 0 amide bonds. The van der Waals surface area contributed by atoms with Crippen molar-refractivity contribution in [1.29, 1.82) is 0 Å². The number of carbonyl (C=O) groups excluding carboxylic acids is 1. The average molecular weight is 293 g/mol. The highest BCUT2D eigenvalue weighted by Gasteiger charge is 2.15. The summed E-state index contributed by atoms with van der Waals surface area (Å²) in [6, 6.07) is 4.07. The Balaban J connectivity index is 3.11. The fourth-order valence-electron chi connectivity index (χ4n) is 1.41. The molecule has 7 heteroatoms. The van der Waals surface area contributed by atoms with E-state index in [2.05, 4.69) is 0 Å². The van der Waals surface area contributed by atoms with E-state index in [0.717, 1.165) is 0 Å². The summed E-state index contributed by atoms with van der Waals surface area (Å²) < 4.78 is 32.2. The van der Waals surface area contributed by atoms with Gasteiger partial charge in [-0.1, -0.05) is 0 Å². The molecule has 0 aliphatic rings. The van der Waals surface area contributed by atoms with Crippen LogP contribution in [0.5, 0.6) is 5.75 Å². The predicted molar refractivity (Wildman–Crippen MR) is 66.4 cm³/mol. The first-order valence-corrected chi connectivity index (χ1v) is 7.46. The fourth-order valence-corrected chi connectivity index (χ4v) is 2.21. The van der Waals surface area contributed by atoms with Gasteiger partial charge in [0.25, 0.3) is 9.05 Å². The van der Waals surface area contributed by atoms with Crippen molar-refractivity contribution in [3.05, 3.63) is 23.8 Å². The first kappa shape index (κ1) is 14.8. The van der Waals surface area contributed by atoms with Crippen LogP contribution >= 0.6 is 10.7 Å². The quantitative estimate of drug-likeness (QED) is 0.610. The normalized spacial score (nSPS) is 11.1. The monoisotopic (exact) mass is 292 g/mol. The Morgan fingerprint density at radius 1 is 1.39 bits per heavy atom. The van der Waals surface area contributed by atoms with E-state index in [1.165, 1.54) is 25.3 Å². The summed E-state index contributed by atoms with van der Waals surface area (Å²) in [6.45, 7) is 1.95. The van der Waals surface area contributed by atoms with Gasteiger partial charge in [-0.15, -0.1) is 0 Å². The van der Waals surface area contributed by atoms with Gasteiger partial charge in [-0.05, 0) is 25.1 Å². The number of esters is 1. The number of halogens is 1. The second kappa shape index (κ2) is 6.06. The molecule has 1 aromatic carbocycles. The Morgan fingerprint density at radius 3 is 2.56 bits per heavy atom. The molecular formula is C11H13ClO5S. The summed E-state index contributed by atoms with van der Waals surface area (Å²) in [7, 11) is 2.83. The van der Waals surface area contributed by atoms with Crippen LogP contribution in [0.15, 0.2) is 23.1 Å². The number of carbonyl (C=O) groups is 1. The molecular weight excluding hydrogens is 280 g/mol. The van der Waals surface area contributed by atoms with Crippen LogP contribution in [0.3, 0.4) is 0 Å². The van der Waals surface area contributed by atoms with E-state index in [-0.39, 0.29) is 17.9 Å². The Hall–Kier alpha value is -1.27. The van der Waals surface area contributed by atoms with E-state index in [9.17, 15) is 13.2 Å². The smallest absolute Gasteiger partial charge is 0.310 e. The lowest BCUT2D eigenvalue weighted by atomic mass is 10.1. The van der Waals surface area contributed by atoms with Gasteiger partial charge in [-0.25, -0.2) is 8.42 Å². The SMILES string of the molecule is CCOC(=O)Cc1cc(S(=O)(=O)Cl)ccc1OC. The van der Waals surface area contributed by atoms with Crippen molar-refractivity contribution in [3.63, 3.8) is 0 Å². The molecule has 0 saturated carbocycles. The second-order valence-electron chi connectivity index (χ2n) is 3.39. The van der Waals surface area contributed by atoms with Gasteiger partial charge >= 0.3 is 5.97 Å². The number of methoxy groups -OCH3 is 1. The maximum absolute atomic E-state index is 11.4. The van der Waals surface area contributed by atoms with Crippen molar-refractivity contribution in [2.45, 2.75) is 18.2 Å². The lowest BCUT2D eigenvalue weighted by molar-refractivity contribution is -0.142. The van der Waals surface area contributed by atoms with E-state index in [1.54, 1.807) is 6.92 Å². The molecule has 100 valence electrons. The van der Waals surface area contributed by atoms with Gasteiger partial charge in [0.05, 0.1) is 25.0 Å². The van der Waals surface area contributed by atoms with Gasteiger partial charge in [0.1, 0.15) is 5.75 Å². The van der Waals surface area contributed by atoms with Gasteiger partial charge in [0.15, 0.2) is 0 Å². The van der Waals surface area contributed by atoms with E-state index in [4.69, 9.17) is 20.2 Å². The zero-order chi connectivity index (χ0) is 13.8. The number of rotatable bonds is 5. The van der Waals surface area contributed by atoms with Crippen molar-refractivity contribution in [2.24, 2.45) is 0 Å². The highest BCUT2D eigenvalue weighted by atomic mass is 35.7. The summed E-state index contributed by atoms with van der Waals surface area (Å²) >= 11 is 0. The predicted octanol–water partition coefficient (Wildman–Crippen LogP) is 1.73. The third-order valence-electron chi connectivity index (χ3n) is 2.17. The maximum Gasteiger partial charge on any atom is 0.310 e. The minimum absolute atomic E-state index is 0.0722. The lowest BCUT2D eigenvalue weighted by Gasteiger charge is -2.09. The maximum atomic E-state index is 11.4. The average Bonchev–Trinajstić information content (AvgIpc) is 2.28. The van der Waals surface area contributed by atoms with Crippen molar-refractivity contribution < 1.29 is 22.7 Å². The van der Waals surface area contributed by atoms with Gasteiger partial charge in [-0.2, -0.15) is 0 Å². The molecule has 0 N–H and O–H groups in total. The van der Waals surface area contributed by atoms with E-state index in [1.807, 2.05) is 0 Å². The molecule has 1 rings (SSSR count). The molecule has 0 bridgehead atoms. The third kappa shape index (κ3) is 3.89. The fraction of sp³-hybridized carbons (Fsp3) is 0.364. The summed E-state index contributed by atoms with van der Waals surface area (Å²) in [5, 5.41) is 0. The number of benzene rings is 1. The summed E-state index contributed by atoms with van der Waals surface area (Å²) in [6.07, 6.45) is -0.0722. The van der Waals surface area contributed by atoms with Crippen LogP contribution in [0.1, 0.15) is 12.5 Å². The largest absolute Gasteiger partial charge is 0.496 e. The zero-order valence-electron chi connectivity index (χ0n) is 9.97. The number of hydrogen-bond donors (Lipinski definition) is 0. The number of hydrogen-bond acceptors (Lipinski definition) is 5. The highest BCUT2D eigenvalue weighted by Crippen LogP contribution is 2.25. The first-order valence-electron chi connectivity index (χ1n) is 5.15. The lowest BCUT2D eigenvalue weighted by Crippen LogP contribution is -2.09. The Labute approximate surface area is 110 Å². The Morgan fingerprint density at radius 2 is 2.06 bits per heavy atom. The molecule has 0 aliphatic carbocycles. The molecule has 1 aromatic rings. The third-order valence-corrected chi connectivity index (χ3v) is 3.53. The van der Waals surface area contributed by atoms with Crippen LogP contribution in [0.25, 0.3) is 0 Å². The molecule has 0 heterocycles. The molecule has 0 fully saturated rings.